The van der Waals surface area contributed by atoms with Crippen LogP contribution in [0, 0.1) is 0 Å². The second-order valence-electron chi connectivity index (χ2n) is 6.18. The van der Waals surface area contributed by atoms with Gasteiger partial charge in [-0.2, -0.15) is 22.0 Å². The van der Waals surface area contributed by atoms with Crippen LogP contribution < -0.4 is 0 Å². The average Bonchev–Trinajstić information content (AvgIpc) is 2.80. The number of allylic oxidation sites excluding steroid dienone is 1. The largest absolute Gasteiger partial charge is 0.461 e. The number of nitrogens with zero attached hydrogens (tertiary/aromatic N) is 1. The number of rotatable bonds is 4. The zero-order chi connectivity index (χ0) is 18.1. The zero-order valence-electron chi connectivity index (χ0n) is 12.9. The van der Waals surface area contributed by atoms with Gasteiger partial charge in [-0.05, 0) is 33.6 Å². The molecule has 1 saturated heterocycles. The zero-order valence-corrected chi connectivity index (χ0v) is 12.9. The fraction of sp³-hybridized carbons (Fsp3) is 0.714. The van der Waals surface area contributed by atoms with Crippen molar-refractivity contribution in [3.8, 4) is 0 Å². The van der Waals surface area contributed by atoms with E-state index in [0.29, 0.717) is 12.8 Å². The van der Waals surface area contributed by atoms with Crippen LogP contribution in [0.15, 0.2) is 12.3 Å². The number of halogens is 5. The van der Waals surface area contributed by atoms with E-state index in [1.807, 2.05) is 0 Å². The topological polar surface area (TPSA) is 46.6 Å². The van der Waals surface area contributed by atoms with Crippen molar-refractivity contribution < 1.29 is 36.3 Å². The Balaban J connectivity index is 2.79. The van der Waals surface area contributed by atoms with Crippen LogP contribution in [0.1, 0.15) is 33.6 Å². The van der Waals surface area contributed by atoms with Crippen LogP contribution in [0.3, 0.4) is 0 Å². The summed E-state index contributed by atoms with van der Waals surface area (Å²) in [6.07, 6.45) is -4.12. The van der Waals surface area contributed by atoms with Crippen molar-refractivity contribution in [1.29, 1.82) is 0 Å². The molecule has 0 bridgehead atoms. The second-order valence-corrected chi connectivity index (χ2v) is 6.18. The van der Waals surface area contributed by atoms with Crippen LogP contribution in [0.5, 0.6) is 0 Å². The van der Waals surface area contributed by atoms with E-state index >= 15 is 0 Å². The van der Waals surface area contributed by atoms with Gasteiger partial charge >= 0.3 is 18.1 Å². The van der Waals surface area contributed by atoms with Crippen molar-refractivity contribution in [3.63, 3.8) is 0 Å². The predicted octanol–water partition coefficient (Wildman–Crippen LogP) is 3.07. The molecule has 1 atom stereocenters. The Hall–Kier alpha value is -1.67. The molecule has 9 heteroatoms. The molecule has 1 aliphatic heterocycles. The number of hydrogen-bond donors (Lipinski definition) is 0. The molecule has 132 valence electrons. The molecular weight excluding hydrogens is 325 g/mol. The van der Waals surface area contributed by atoms with Crippen LogP contribution in [0.25, 0.3) is 0 Å². The van der Waals surface area contributed by atoms with E-state index in [1.54, 1.807) is 20.8 Å². The fourth-order valence-electron chi connectivity index (χ4n) is 2.00. The minimum absolute atomic E-state index is 0.149. The third-order valence-electron chi connectivity index (χ3n) is 3.06. The number of hydrogen-bond acceptors (Lipinski definition) is 4. The molecule has 0 amide bonds. The first kappa shape index (κ1) is 19.4. The van der Waals surface area contributed by atoms with Gasteiger partial charge in [-0.15, -0.1) is 0 Å². The molecule has 0 radical (unpaired) electrons. The lowest BCUT2D eigenvalue weighted by Gasteiger charge is -2.26. The molecule has 0 aliphatic carbocycles. The molecule has 1 rings (SSSR count). The maximum absolute atomic E-state index is 12.8. The Bertz CT molecular complexity index is 494. The minimum atomic E-state index is -5.95. The van der Waals surface area contributed by atoms with E-state index in [9.17, 15) is 31.5 Å². The highest BCUT2D eigenvalue weighted by Gasteiger charge is 2.62. The Morgan fingerprint density at radius 2 is 1.70 bits per heavy atom. The Labute approximate surface area is 130 Å². The van der Waals surface area contributed by atoms with Gasteiger partial charge in [-0.25, -0.2) is 4.79 Å². The first-order valence-electron chi connectivity index (χ1n) is 6.91. The van der Waals surface area contributed by atoms with Gasteiger partial charge in [0.05, 0.1) is 0 Å². The summed E-state index contributed by atoms with van der Waals surface area (Å²) in [7, 11) is 0. The van der Waals surface area contributed by atoms with Crippen LogP contribution in [-0.4, -0.2) is 46.9 Å². The summed E-state index contributed by atoms with van der Waals surface area (Å²) < 4.78 is 67.1. The first-order chi connectivity index (χ1) is 10.3. The SMILES string of the molecule is CC(C)(C)OC(=O)[C@@H]1CCCN1/C=C/C(=O)C(F)(F)C(F)(F)F. The highest BCUT2D eigenvalue weighted by Crippen LogP contribution is 2.36. The molecule has 1 fully saturated rings. The highest BCUT2D eigenvalue weighted by atomic mass is 19.4. The monoisotopic (exact) mass is 343 g/mol. The van der Waals surface area contributed by atoms with Crippen LogP contribution in [-0.2, 0) is 14.3 Å². The Morgan fingerprint density at radius 3 is 2.17 bits per heavy atom. The quantitative estimate of drug-likeness (QED) is 0.447. The lowest BCUT2D eigenvalue weighted by Crippen LogP contribution is -2.43. The van der Waals surface area contributed by atoms with Gasteiger partial charge < -0.3 is 9.64 Å². The molecule has 4 nitrogen and oxygen atoms in total. The number of alkyl halides is 5. The van der Waals surface area contributed by atoms with Gasteiger partial charge in [-0.1, -0.05) is 0 Å². The smallest absolute Gasteiger partial charge is 0.458 e. The molecule has 0 saturated carbocycles. The standard InChI is InChI=1S/C14H18F5NO3/c1-12(2,3)23-11(22)9-5-4-7-20(9)8-6-10(21)13(15,16)14(17,18)19/h6,8-9H,4-5,7H2,1-3H3/b8-6+/t9-/m0/s1. The van der Waals surface area contributed by atoms with Crippen LogP contribution in [0.2, 0.25) is 0 Å². The van der Waals surface area contributed by atoms with Crippen LogP contribution in [0.4, 0.5) is 22.0 Å². The molecule has 0 N–H and O–H groups in total. The Kier molecular flexibility index (Phi) is 5.43. The molecule has 1 heterocycles. The summed E-state index contributed by atoms with van der Waals surface area (Å²) in [5.74, 6) is -8.44. The summed E-state index contributed by atoms with van der Waals surface area (Å²) in [6.45, 7) is 5.19. The molecule has 23 heavy (non-hydrogen) atoms. The fourth-order valence-corrected chi connectivity index (χ4v) is 2.00. The van der Waals surface area contributed by atoms with Crippen molar-refractivity contribution in [2.45, 2.75) is 57.4 Å². The van der Waals surface area contributed by atoms with E-state index in [4.69, 9.17) is 4.74 Å². The summed E-state index contributed by atoms with van der Waals surface area (Å²) >= 11 is 0. The molecule has 0 unspecified atom stereocenters. The van der Waals surface area contributed by atoms with Crippen molar-refractivity contribution in [2.75, 3.05) is 6.54 Å². The third-order valence-corrected chi connectivity index (χ3v) is 3.06. The van der Waals surface area contributed by atoms with Gasteiger partial charge in [0.15, 0.2) is 0 Å². The molecule has 0 aromatic rings. The van der Waals surface area contributed by atoms with Gasteiger partial charge in [-0.3, -0.25) is 4.79 Å². The normalized spacial score (nSPS) is 20.2. The highest BCUT2D eigenvalue weighted by molar-refractivity contribution is 5.96. The van der Waals surface area contributed by atoms with Gasteiger partial charge in [0, 0.05) is 18.8 Å². The van der Waals surface area contributed by atoms with Crippen LogP contribution >= 0.6 is 0 Å². The minimum Gasteiger partial charge on any atom is -0.458 e. The van der Waals surface area contributed by atoms with E-state index in [0.717, 1.165) is 6.20 Å². The van der Waals surface area contributed by atoms with Gasteiger partial charge in [0.1, 0.15) is 11.6 Å². The predicted molar refractivity (Wildman–Crippen MR) is 70.7 cm³/mol. The lowest BCUT2D eigenvalue weighted by atomic mass is 10.1. The number of carbonyl (C=O) groups excluding carboxylic acids is 2. The number of esters is 1. The first-order valence-corrected chi connectivity index (χ1v) is 6.91. The average molecular weight is 343 g/mol. The summed E-state index contributed by atoms with van der Waals surface area (Å²) in [5.41, 5.74) is -0.756. The van der Waals surface area contributed by atoms with E-state index in [2.05, 4.69) is 0 Å². The third kappa shape index (κ3) is 4.90. The van der Waals surface area contributed by atoms with Crippen molar-refractivity contribution in [3.05, 3.63) is 12.3 Å². The van der Waals surface area contributed by atoms with Gasteiger partial charge in [0.25, 0.3) is 0 Å². The van der Waals surface area contributed by atoms with E-state index < -0.39 is 35.5 Å². The summed E-state index contributed by atoms with van der Waals surface area (Å²) in [6, 6.07) is -0.808. The number of ketones is 1. The van der Waals surface area contributed by atoms with Crippen molar-refractivity contribution in [2.24, 2.45) is 0 Å². The molecular formula is C14H18F5NO3. The van der Waals surface area contributed by atoms with Crippen molar-refractivity contribution >= 4 is 11.8 Å². The summed E-state index contributed by atoms with van der Waals surface area (Å²) in [5, 5.41) is 0. The maximum atomic E-state index is 12.8. The van der Waals surface area contributed by atoms with E-state index in [-0.39, 0.29) is 12.6 Å². The lowest BCUT2D eigenvalue weighted by molar-refractivity contribution is -0.266. The Morgan fingerprint density at radius 1 is 1.13 bits per heavy atom. The molecule has 1 aliphatic rings. The number of ether oxygens (including phenoxy) is 1. The molecule has 0 aromatic carbocycles. The second kappa shape index (κ2) is 6.45. The molecule has 0 aromatic heterocycles. The molecule has 0 spiro atoms. The van der Waals surface area contributed by atoms with E-state index in [1.165, 1.54) is 4.90 Å². The maximum Gasteiger partial charge on any atom is 0.461 e. The van der Waals surface area contributed by atoms with Crippen molar-refractivity contribution in [1.82, 2.24) is 4.90 Å². The number of carbonyl (C=O) groups is 2. The van der Waals surface area contributed by atoms with Gasteiger partial charge in [0.2, 0.25) is 5.78 Å². The number of likely N-dealkylation sites (tertiary alicyclic amines) is 1. The summed E-state index contributed by atoms with van der Waals surface area (Å²) in [4.78, 5) is 24.3.